The van der Waals surface area contributed by atoms with Crippen LogP contribution in [-0.4, -0.2) is 9.55 Å². The molecule has 3 nitrogen and oxygen atoms in total. The molecule has 0 saturated carbocycles. The fourth-order valence-corrected chi connectivity index (χ4v) is 1.36. The summed E-state index contributed by atoms with van der Waals surface area (Å²) in [5.74, 6) is -0.117. The van der Waals surface area contributed by atoms with Gasteiger partial charge in [0.1, 0.15) is 5.82 Å². The van der Waals surface area contributed by atoms with Crippen molar-refractivity contribution in [3.8, 4) is 0 Å². The summed E-state index contributed by atoms with van der Waals surface area (Å²) in [6.45, 7) is 0. The Bertz CT molecular complexity index is 478. The van der Waals surface area contributed by atoms with E-state index in [-0.39, 0.29) is 5.02 Å². The number of imidazole rings is 1. The predicted octanol–water partition coefficient (Wildman–Crippen LogP) is 1.95. The number of hydrogen-bond donors (Lipinski definition) is 1. The third-order valence-electron chi connectivity index (χ3n) is 1.96. The van der Waals surface area contributed by atoms with Gasteiger partial charge in [-0.2, -0.15) is 0 Å². The van der Waals surface area contributed by atoms with Crippen LogP contribution in [0.25, 0.3) is 11.0 Å². The highest BCUT2D eigenvalue weighted by Gasteiger charge is 2.08. The summed E-state index contributed by atoms with van der Waals surface area (Å²) < 4.78 is 14.6. The van der Waals surface area contributed by atoms with Gasteiger partial charge in [-0.25, -0.2) is 9.37 Å². The van der Waals surface area contributed by atoms with Gasteiger partial charge in [-0.3, -0.25) is 0 Å². The zero-order valence-corrected chi connectivity index (χ0v) is 7.64. The number of benzene rings is 1. The highest BCUT2D eigenvalue weighted by Crippen LogP contribution is 2.23. The van der Waals surface area contributed by atoms with Crippen LogP contribution in [0.4, 0.5) is 10.3 Å². The summed E-state index contributed by atoms with van der Waals surface area (Å²) in [4.78, 5) is 4.00. The molecule has 0 unspecified atom stereocenters. The standard InChI is InChI=1S/C8H7ClFN3/c1-13-7-3-5(10)4(9)2-6(7)12-8(13)11/h2-3H,1H3,(H2,11,12). The molecule has 0 amide bonds. The Hall–Kier alpha value is -1.29. The van der Waals surface area contributed by atoms with Crippen LogP contribution in [0.1, 0.15) is 0 Å². The van der Waals surface area contributed by atoms with Gasteiger partial charge in [0.05, 0.1) is 16.1 Å². The van der Waals surface area contributed by atoms with E-state index in [0.29, 0.717) is 17.0 Å². The Morgan fingerprint density at radius 1 is 1.54 bits per heavy atom. The molecule has 2 N–H and O–H groups in total. The minimum Gasteiger partial charge on any atom is -0.369 e. The molecule has 0 fully saturated rings. The molecule has 13 heavy (non-hydrogen) atoms. The lowest BCUT2D eigenvalue weighted by Crippen LogP contribution is -1.96. The number of anilines is 1. The molecule has 0 bridgehead atoms. The summed E-state index contributed by atoms with van der Waals surface area (Å²) >= 11 is 5.58. The van der Waals surface area contributed by atoms with E-state index < -0.39 is 5.82 Å². The lowest BCUT2D eigenvalue weighted by Gasteiger charge is -1.96. The number of fused-ring (bicyclic) bond motifs is 1. The topological polar surface area (TPSA) is 43.8 Å². The Morgan fingerprint density at radius 3 is 2.92 bits per heavy atom. The van der Waals surface area contributed by atoms with E-state index in [4.69, 9.17) is 17.3 Å². The second-order valence-corrected chi connectivity index (χ2v) is 3.19. The number of nitrogen functional groups attached to an aromatic ring is 1. The molecule has 68 valence electrons. The van der Waals surface area contributed by atoms with Gasteiger partial charge >= 0.3 is 0 Å². The Labute approximate surface area is 78.9 Å². The second kappa shape index (κ2) is 2.60. The second-order valence-electron chi connectivity index (χ2n) is 2.78. The van der Waals surface area contributed by atoms with Crippen molar-refractivity contribution < 1.29 is 4.39 Å². The quantitative estimate of drug-likeness (QED) is 0.705. The lowest BCUT2D eigenvalue weighted by molar-refractivity contribution is 0.629. The van der Waals surface area contributed by atoms with E-state index in [1.54, 1.807) is 11.6 Å². The first-order valence-electron chi connectivity index (χ1n) is 3.66. The summed E-state index contributed by atoms with van der Waals surface area (Å²) in [5, 5.41) is 0.0607. The zero-order chi connectivity index (χ0) is 9.59. The number of rotatable bonds is 0. The molecule has 2 aromatic rings. The maximum Gasteiger partial charge on any atom is 0.200 e. The lowest BCUT2D eigenvalue weighted by atomic mass is 10.3. The Morgan fingerprint density at radius 2 is 2.23 bits per heavy atom. The molecule has 1 aromatic carbocycles. The number of aryl methyl sites for hydroxylation is 1. The highest BCUT2D eigenvalue weighted by molar-refractivity contribution is 6.31. The minimum atomic E-state index is -0.461. The summed E-state index contributed by atoms with van der Waals surface area (Å²) in [5.41, 5.74) is 6.78. The molecule has 5 heteroatoms. The number of nitrogens with zero attached hydrogens (tertiary/aromatic N) is 2. The zero-order valence-electron chi connectivity index (χ0n) is 6.88. The third kappa shape index (κ3) is 1.14. The maximum atomic E-state index is 13.0. The Balaban J connectivity index is 2.89. The van der Waals surface area contributed by atoms with Crippen molar-refractivity contribution in [3.63, 3.8) is 0 Å². The van der Waals surface area contributed by atoms with Gasteiger partial charge in [-0.05, 0) is 6.07 Å². The molecule has 0 aliphatic heterocycles. The van der Waals surface area contributed by atoms with Gasteiger partial charge < -0.3 is 10.3 Å². The summed E-state index contributed by atoms with van der Waals surface area (Å²) in [6.07, 6.45) is 0. The first kappa shape index (κ1) is 8.31. The van der Waals surface area contributed by atoms with Crippen molar-refractivity contribution >= 4 is 28.6 Å². The molecule has 0 saturated heterocycles. The van der Waals surface area contributed by atoms with Crippen molar-refractivity contribution in [1.29, 1.82) is 0 Å². The van der Waals surface area contributed by atoms with Gasteiger partial charge in [0.25, 0.3) is 0 Å². The molecular formula is C8H7ClFN3. The summed E-state index contributed by atoms with van der Waals surface area (Å²) in [7, 11) is 1.72. The van der Waals surface area contributed by atoms with E-state index in [1.807, 2.05) is 0 Å². The number of aromatic nitrogens is 2. The molecule has 1 heterocycles. The number of hydrogen-bond acceptors (Lipinski definition) is 2. The molecule has 2 rings (SSSR count). The fourth-order valence-electron chi connectivity index (χ4n) is 1.21. The predicted molar refractivity (Wildman–Crippen MR) is 50.1 cm³/mol. The molecular weight excluding hydrogens is 193 g/mol. The van der Waals surface area contributed by atoms with Crippen LogP contribution in [0.15, 0.2) is 12.1 Å². The van der Waals surface area contributed by atoms with Crippen LogP contribution < -0.4 is 5.73 Å². The molecule has 0 atom stereocenters. The smallest absolute Gasteiger partial charge is 0.200 e. The molecule has 0 spiro atoms. The van der Waals surface area contributed by atoms with Crippen molar-refractivity contribution in [2.75, 3.05) is 5.73 Å². The SMILES string of the molecule is Cn1c(N)nc2cc(Cl)c(F)cc21. The van der Waals surface area contributed by atoms with Gasteiger partial charge in [0.15, 0.2) is 0 Å². The van der Waals surface area contributed by atoms with E-state index in [1.165, 1.54) is 12.1 Å². The van der Waals surface area contributed by atoms with Gasteiger partial charge in [-0.15, -0.1) is 0 Å². The van der Waals surface area contributed by atoms with Gasteiger partial charge in [0.2, 0.25) is 5.95 Å². The minimum absolute atomic E-state index is 0.0607. The van der Waals surface area contributed by atoms with Crippen molar-refractivity contribution in [3.05, 3.63) is 23.0 Å². The average Bonchev–Trinajstić information content (AvgIpc) is 2.32. The van der Waals surface area contributed by atoms with Gasteiger partial charge in [0, 0.05) is 13.1 Å². The van der Waals surface area contributed by atoms with Crippen LogP contribution in [0.3, 0.4) is 0 Å². The molecule has 0 aliphatic carbocycles. The molecule has 0 aliphatic rings. The van der Waals surface area contributed by atoms with Crippen molar-refractivity contribution in [2.24, 2.45) is 7.05 Å². The highest BCUT2D eigenvalue weighted by atomic mass is 35.5. The molecule has 1 aromatic heterocycles. The van der Waals surface area contributed by atoms with Crippen molar-refractivity contribution in [2.45, 2.75) is 0 Å². The maximum absolute atomic E-state index is 13.0. The number of halogens is 2. The van der Waals surface area contributed by atoms with E-state index in [9.17, 15) is 4.39 Å². The van der Waals surface area contributed by atoms with Crippen LogP contribution in [-0.2, 0) is 7.05 Å². The van der Waals surface area contributed by atoms with Crippen LogP contribution in [0.5, 0.6) is 0 Å². The van der Waals surface area contributed by atoms with Gasteiger partial charge in [-0.1, -0.05) is 11.6 Å². The van der Waals surface area contributed by atoms with Crippen LogP contribution >= 0.6 is 11.6 Å². The normalized spacial score (nSPS) is 11.0. The average molecular weight is 200 g/mol. The van der Waals surface area contributed by atoms with Crippen LogP contribution in [0, 0.1) is 5.82 Å². The van der Waals surface area contributed by atoms with Crippen LogP contribution in [0.2, 0.25) is 5.02 Å². The molecule has 0 radical (unpaired) electrons. The monoisotopic (exact) mass is 199 g/mol. The Kier molecular flexibility index (Phi) is 1.66. The fraction of sp³-hybridized carbons (Fsp3) is 0.125. The van der Waals surface area contributed by atoms with E-state index in [2.05, 4.69) is 4.98 Å². The van der Waals surface area contributed by atoms with E-state index in [0.717, 1.165) is 0 Å². The first-order valence-corrected chi connectivity index (χ1v) is 4.04. The largest absolute Gasteiger partial charge is 0.369 e. The number of nitrogens with two attached hydrogens (primary N) is 1. The van der Waals surface area contributed by atoms with Crippen molar-refractivity contribution in [1.82, 2.24) is 9.55 Å². The summed E-state index contributed by atoms with van der Waals surface area (Å²) in [6, 6.07) is 2.78. The first-order chi connectivity index (χ1) is 6.09. The third-order valence-corrected chi connectivity index (χ3v) is 2.25. The van der Waals surface area contributed by atoms with E-state index >= 15 is 0 Å².